The van der Waals surface area contributed by atoms with Crippen LogP contribution in [0.3, 0.4) is 0 Å². The molecule has 5 heteroatoms. The van der Waals surface area contributed by atoms with Gasteiger partial charge in [0.05, 0.1) is 26.5 Å². The Labute approximate surface area is 136 Å². The van der Waals surface area contributed by atoms with Gasteiger partial charge in [0.2, 0.25) is 5.91 Å². The van der Waals surface area contributed by atoms with E-state index in [9.17, 15) is 4.79 Å². The smallest absolute Gasteiger partial charge is 0.223 e. The molecule has 0 spiro atoms. The van der Waals surface area contributed by atoms with Crippen molar-refractivity contribution < 1.29 is 18.7 Å². The zero-order valence-electron chi connectivity index (χ0n) is 14.0. The average Bonchev–Trinajstić information content (AvgIpc) is 3.12. The first kappa shape index (κ1) is 16.9. The van der Waals surface area contributed by atoms with E-state index in [1.807, 2.05) is 37.3 Å². The van der Waals surface area contributed by atoms with E-state index in [-0.39, 0.29) is 11.9 Å². The van der Waals surface area contributed by atoms with Gasteiger partial charge in [-0.25, -0.2) is 0 Å². The van der Waals surface area contributed by atoms with Crippen molar-refractivity contribution in [2.45, 2.75) is 25.8 Å². The number of amides is 1. The fourth-order valence-electron chi connectivity index (χ4n) is 2.37. The quantitative estimate of drug-likeness (QED) is 0.785. The molecule has 0 bridgehead atoms. The van der Waals surface area contributed by atoms with E-state index in [0.29, 0.717) is 12.8 Å². The van der Waals surface area contributed by atoms with Crippen LogP contribution in [0.25, 0.3) is 0 Å². The van der Waals surface area contributed by atoms with Crippen molar-refractivity contribution in [3.8, 4) is 11.5 Å². The van der Waals surface area contributed by atoms with Crippen LogP contribution in [0, 0.1) is 0 Å². The lowest BCUT2D eigenvalue weighted by atomic mass is 10.1. The maximum absolute atomic E-state index is 12.4. The van der Waals surface area contributed by atoms with Gasteiger partial charge in [0, 0.05) is 19.5 Å². The topological polar surface area (TPSA) is 51.9 Å². The summed E-state index contributed by atoms with van der Waals surface area (Å²) in [7, 11) is 5.02. The first-order chi connectivity index (χ1) is 11.0. The second-order valence-electron chi connectivity index (χ2n) is 5.42. The number of methoxy groups -OCH3 is 2. The highest BCUT2D eigenvalue weighted by Crippen LogP contribution is 2.24. The molecular formula is C18H23NO4. The van der Waals surface area contributed by atoms with Crippen LogP contribution in [0.5, 0.6) is 11.5 Å². The Balaban J connectivity index is 1.98. The van der Waals surface area contributed by atoms with E-state index in [1.165, 1.54) is 0 Å². The molecule has 2 rings (SSSR count). The molecule has 1 aromatic heterocycles. The molecule has 1 heterocycles. The lowest BCUT2D eigenvalue weighted by Crippen LogP contribution is -2.29. The minimum absolute atomic E-state index is 0.0655. The van der Waals surface area contributed by atoms with E-state index in [0.717, 1.165) is 22.8 Å². The molecule has 0 aliphatic carbocycles. The molecule has 0 saturated carbocycles. The number of nitrogens with zero attached hydrogens (tertiary/aromatic N) is 1. The molecule has 124 valence electrons. The second kappa shape index (κ2) is 7.72. The van der Waals surface area contributed by atoms with Crippen molar-refractivity contribution in [3.05, 3.63) is 47.9 Å². The van der Waals surface area contributed by atoms with Gasteiger partial charge >= 0.3 is 0 Å². The molecule has 1 unspecified atom stereocenters. The Hall–Kier alpha value is -2.43. The molecule has 0 radical (unpaired) electrons. The van der Waals surface area contributed by atoms with Gasteiger partial charge in [0.25, 0.3) is 0 Å². The fourth-order valence-corrected chi connectivity index (χ4v) is 2.37. The summed E-state index contributed by atoms with van der Waals surface area (Å²) in [5.74, 6) is 2.30. The average molecular weight is 317 g/mol. The summed E-state index contributed by atoms with van der Waals surface area (Å²) < 4.78 is 15.9. The van der Waals surface area contributed by atoms with Crippen LogP contribution in [-0.4, -0.2) is 32.1 Å². The van der Waals surface area contributed by atoms with E-state index in [1.54, 1.807) is 32.4 Å². The Bertz CT molecular complexity index is 614. The van der Waals surface area contributed by atoms with E-state index >= 15 is 0 Å². The standard InChI is InChI=1S/C18H23NO4/c1-13(17-6-5-9-23-17)19(2)18(20)8-7-14-10-15(21-3)12-16(11-14)22-4/h5-6,9-13H,7-8H2,1-4H3. The second-order valence-corrected chi connectivity index (χ2v) is 5.42. The van der Waals surface area contributed by atoms with Crippen molar-refractivity contribution >= 4 is 5.91 Å². The molecule has 0 saturated heterocycles. The summed E-state index contributed by atoms with van der Waals surface area (Å²) >= 11 is 0. The summed E-state index contributed by atoms with van der Waals surface area (Å²) in [6.07, 6.45) is 2.66. The SMILES string of the molecule is COc1cc(CCC(=O)N(C)C(C)c2ccco2)cc(OC)c1. The number of aryl methyl sites for hydroxylation is 1. The van der Waals surface area contributed by atoms with Crippen molar-refractivity contribution in [3.63, 3.8) is 0 Å². The highest BCUT2D eigenvalue weighted by molar-refractivity contribution is 5.76. The van der Waals surface area contributed by atoms with E-state index in [2.05, 4.69) is 0 Å². The number of carbonyl (C=O) groups is 1. The Kier molecular flexibility index (Phi) is 5.68. The van der Waals surface area contributed by atoms with Gasteiger partial charge in [-0.05, 0) is 43.2 Å². The third-order valence-corrected chi connectivity index (χ3v) is 3.97. The van der Waals surface area contributed by atoms with Crippen LogP contribution in [0.4, 0.5) is 0 Å². The molecule has 0 aliphatic rings. The summed E-state index contributed by atoms with van der Waals surface area (Å²) in [5.41, 5.74) is 1.01. The molecular weight excluding hydrogens is 294 g/mol. The third kappa shape index (κ3) is 4.28. The number of carbonyl (C=O) groups excluding carboxylic acids is 1. The summed E-state index contributed by atoms with van der Waals surface area (Å²) in [5, 5.41) is 0. The van der Waals surface area contributed by atoms with Crippen molar-refractivity contribution in [1.82, 2.24) is 4.90 Å². The Morgan fingerprint density at radius 3 is 2.39 bits per heavy atom. The number of furan rings is 1. The summed E-state index contributed by atoms with van der Waals surface area (Å²) in [4.78, 5) is 14.1. The summed E-state index contributed by atoms with van der Waals surface area (Å²) in [6.45, 7) is 1.95. The van der Waals surface area contributed by atoms with Gasteiger partial charge in [0.1, 0.15) is 17.3 Å². The van der Waals surface area contributed by atoms with Gasteiger partial charge in [0.15, 0.2) is 0 Å². The molecule has 0 fully saturated rings. The van der Waals surface area contributed by atoms with Crippen molar-refractivity contribution in [2.24, 2.45) is 0 Å². The van der Waals surface area contributed by atoms with Crippen LogP contribution in [-0.2, 0) is 11.2 Å². The molecule has 2 aromatic rings. The van der Waals surface area contributed by atoms with Crippen molar-refractivity contribution in [1.29, 1.82) is 0 Å². The molecule has 1 aromatic carbocycles. The molecule has 1 atom stereocenters. The largest absolute Gasteiger partial charge is 0.497 e. The van der Waals surface area contributed by atoms with Crippen LogP contribution in [0.1, 0.15) is 30.7 Å². The lowest BCUT2D eigenvalue weighted by molar-refractivity contribution is -0.132. The maximum atomic E-state index is 12.4. The van der Waals surface area contributed by atoms with Gasteiger partial charge in [-0.2, -0.15) is 0 Å². The molecule has 5 nitrogen and oxygen atoms in total. The number of hydrogen-bond acceptors (Lipinski definition) is 4. The van der Waals surface area contributed by atoms with Crippen LogP contribution < -0.4 is 9.47 Å². The van der Waals surface area contributed by atoms with E-state index < -0.39 is 0 Å². The highest BCUT2D eigenvalue weighted by Gasteiger charge is 2.19. The zero-order valence-corrected chi connectivity index (χ0v) is 14.0. The minimum atomic E-state index is -0.0858. The van der Waals surface area contributed by atoms with Gasteiger partial charge in [-0.3, -0.25) is 4.79 Å². The Morgan fingerprint density at radius 1 is 1.22 bits per heavy atom. The van der Waals surface area contributed by atoms with Crippen molar-refractivity contribution in [2.75, 3.05) is 21.3 Å². The summed E-state index contributed by atoms with van der Waals surface area (Å²) in [6, 6.07) is 9.28. The molecule has 23 heavy (non-hydrogen) atoms. The van der Waals surface area contributed by atoms with E-state index in [4.69, 9.17) is 13.9 Å². The first-order valence-electron chi connectivity index (χ1n) is 7.56. The van der Waals surface area contributed by atoms with Gasteiger partial charge in [-0.1, -0.05) is 0 Å². The van der Waals surface area contributed by atoms with Crippen LogP contribution in [0.15, 0.2) is 41.0 Å². The maximum Gasteiger partial charge on any atom is 0.223 e. The molecule has 0 N–H and O–H groups in total. The van der Waals surface area contributed by atoms with Crippen LogP contribution in [0.2, 0.25) is 0 Å². The molecule has 1 amide bonds. The third-order valence-electron chi connectivity index (χ3n) is 3.97. The number of rotatable bonds is 7. The normalized spacial score (nSPS) is 11.8. The molecule has 0 aliphatic heterocycles. The number of benzene rings is 1. The predicted octanol–water partition coefficient (Wildman–Crippen LogP) is 3.45. The highest BCUT2D eigenvalue weighted by atomic mass is 16.5. The lowest BCUT2D eigenvalue weighted by Gasteiger charge is -2.23. The number of ether oxygens (including phenoxy) is 2. The minimum Gasteiger partial charge on any atom is -0.497 e. The Morgan fingerprint density at radius 2 is 1.87 bits per heavy atom. The predicted molar refractivity (Wildman–Crippen MR) is 87.8 cm³/mol. The number of hydrogen-bond donors (Lipinski definition) is 0. The first-order valence-corrected chi connectivity index (χ1v) is 7.56. The van der Waals surface area contributed by atoms with Crippen LogP contribution >= 0.6 is 0 Å². The zero-order chi connectivity index (χ0) is 16.8. The van der Waals surface area contributed by atoms with Gasteiger partial charge < -0.3 is 18.8 Å². The fraction of sp³-hybridized carbons (Fsp3) is 0.389. The monoisotopic (exact) mass is 317 g/mol. The van der Waals surface area contributed by atoms with Gasteiger partial charge in [-0.15, -0.1) is 0 Å².